The topological polar surface area (TPSA) is 103 Å². The molecule has 1 atom stereocenters. The molecular weight excluding hydrogens is 316 g/mol. The number of rotatable bonds is 7. The van der Waals surface area contributed by atoms with Gasteiger partial charge in [0.05, 0.1) is 19.3 Å². The number of ether oxygens (including phenoxy) is 3. The number of esters is 1. The van der Waals surface area contributed by atoms with E-state index in [0.717, 1.165) is 0 Å². The number of methoxy groups -OCH3 is 1. The van der Waals surface area contributed by atoms with Gasteiger partial charge in [0.25, 0.3) is 5.91 Å². The smallest absolute Gasteiger partial charge is 0.338 e. The van der Waals surface area contributed by atoms with E-state index in [-0.39, 0.29) is 12.2 Å². The van der Waals surface area contributed by atoms with Crippen LogP contribution < -0.4 is 15.4 Å². The Bertz CT molecular complexity index is 602. The predicted molar refractivity (Wildman–Crippen MR) is 85.8 cm³/mol. The van der Waals surface area contributed by atoms with Crippen LogP contribution in [0.3, 0.4) is 0 Å². The van der Waals surface area contributed by atoms with Gasteiger partial charge in [0, 0.05) is 19.2 Å². The van der Waals surface area contributed by atoms with Crippen molar-refractivity contribution in [2.45, 2.75) is 26.6 Å². The molecule has 0 saturated carbocycles. The summed E-state index contributed by atoms with van der Waals surface area (Å²) in [6.45, 7) is 4.04. The second kappa shape index (κ2) is 9.51. The van der Waals surface area contributed by atoms with Crippen LogP contribution in [0.15, 0.2) is 18.2 Å². The minimum atomic E-state index is -1.12. The highest BCUT2D eigenvalue weighted by molar-refractivity contribution is 5.98. The van der Waals surface area contributed by atoms with Crippen LogP contribution in [-0.4, -0.2) is 44.8 Å². The van der Waals surface area contributed by atoms with Crippen LogP contribution >= 0.6 is 0 Å². The number of hydrogen-bond donors (Lipinski definition) is 2. The Labute approximate surface area is 140 Å². The third-order valence-corrected chi connectivity index (χ3v) is 3.09. The molecule has 8 heteroatoms. The quantitative estimate of drug-likeness (QED) is 0.725. The zero-order valence-corrected chi connectivity index (χ0v) is 14.2. The van der Waals surface area contributed by atoms with E-state index in [1.165, 1.54) is 27.1 Å². The molecule has 1 rings (SSSR count). The van der Waals surface area contributed by atoms with Crippen LogP contribution in [0.2, 0.25) is 0 Å². The summed E-state index contributed by atoms with van der Waals surface area (Å²) in [6.07, 6.45) is -1.12. The van der Waals surface area contributed by atoms with E-state index in [0.29, 0.717) is 17.9 Å². The summed E-state index contributed by atoms with van der Waals surface area (Å²) in [5.74, 6) is -0.814. The maximum Gasteiger partial charge on any atom is 0.338 e. The second-order valence-corrected chi connectivity index (χ2v) is 4.78. The van der Waals surface area contributed by atoms with Gasteiger partial charge in [0.2, 0.25) is 0 Å². The predicted octanol–water partition coefficient (Wildman–Crippen LogP) is 1.23. The summed E-state index contributed by atoms with van der Waals surface area (Å²) in [5.41, 5.74) is 0.946. The molecule has 0 aliphatic heterocycles. The Morgan fingerprint density at radius 2 is 1.96 bits per heavy atom. The molecule has 3 amide bonds. The van der Waals surface area contributed by atoms with Crippen molar-refractivity contribution in [3.8, 4) is 5.75 Å². The molecule has 24 heavy (non-hydrogen) atoms. The SMILES string of the molecule is CCOCc1cc(C(=O)O[C@@H](C)C(=O)NC(=O)NC)ccc1OC. The molecule has 0 spiro atoms. The fourth-order valence-electron chi connectivity index (χ4n) is 1.79. The van der Waals surface area contributed by atoms with Crippen LogP contribution in [0.1, 0.15) is 29.8 Å². The van der Waals surface area contributed by atoms with Gasteiger partial charge in [-0.1, -0.05) is 0 Å². The molecule has 0 bridgehead atoms. The van der Waals surface area contributed by atoms with E-state index in [9.17, 15) is 14.4 Å². The molecule has 0 aliphatic rings. The highest BCUT2D eigenvalue weighted by Crippen LogP contribution is 2.21. The minimum absolute atomic E-state index is 0.255. The Morgan fingerprint density at radius 1 is 1.25 bits per heavy atom. The number of hydrogen-bond acceptors (Lipinski definition) is 6. The lowest BCUT2D eigenvalue weighted by atomic mass is 10.1. The highest BCUT2D eigenvalue weighted by atomic mass is 16.5. The van der Waals surface area contributed by atoms with E-state index in [2.05, 4.69) is 5.32 Å². The number of benzene rings is 1. The second-order valence-electron chi connectivity index (χ2n) is 4.78. The lowest BCUT2D eigenvalue weighted by Gasteiger charge is -2.14. The van der Waals surface area contributed by atoms with Gasteiger partial charge in [0.1, 0.15) is 5.75 Å². The van der Waals surface area contributed by atoms with Crippen LogP contribution in [-0.2, 0) is 20.9 Å². The summed E-state index contributed by atoms with van der Waals surface area (Å²) in [4.78, 5) is 34.9. The molecule has 2 N–H and O–H groups in total. The maximum atomic E-state index is 12.2. The molecule has 8 nitrogen and oxygen atoms in total. The molecule has 0 unspecified atom stereocenters. The van der Waals surface area contributed by atoms with E-state index >= 15 is 0 Å². The number of nitrogens with one attached hydrogen (secondary N) is 2. The van der Waals surface area contributed by atoms with Crippen LogP contribution in [0, 0.1) is 0 Å². The standard InChI is InChI=1S/C16H22N2O6/c1-5-23-9-12-8-11(6-7-13(12)22-4)15(20)24-10(2)14(19)18-16(21)17-3/h6-8,10H,5,9H2,1-4H3,(H2,17,18,19,21)/t10-/m0/s1. The number of carbonyl (C=O) groups is 3. The Kier molecular flexibility index (Phi) is 7.70. The average Bonchev–Trinajstić information content (AvgIpc) is 2.59. The number of amides is 3. The Hall–Kier alpha value is -2.61. The van der Waals surface area contributed by atoms with E-state index < -0.39 is 24.0 Å². The molecule has 0 aliphatic carbocycles. The molecule has 0 fully saturated rings. The summed E-state index contributed by atoms with van der Waals surface area (Å²) in [6, 6.07) is 4.06. The van der Waals surface area contributed by atoms with Gasteiger partial charge < -0.3 is 19.5 Å². The first-order chi connectivity index (χ1) is 11.4. The van der Waals surface area contributed by atoms with Gasteiger partial charge >= 0.3 is 12.0 Å². The zero-order chi connectivity index (χ0) is 18.1. The van der Waals surface area contributed by atoms with Crippen molar-refractivity contribution < 1.29 is 28.6 Å². The van der Waals surface area contributed by atoms with Gasteiger partial charge in [-0.15, -0.1) is 0 Å². The molecule has 1 aromatic rings. The van der Waals surface area contributed by atoms with Crippen molar-refractivity contribution in [2.24, 2.45) is 0 Å². The van der Waals surface area contributed by atoms with Crippen LogP contribution in [0.5, 0.6) is 5.75 Å². The lowest BCUT2D eigenvalue weighted by molar-refractivity contribution is -0.127. The van der Waals surface area contributed by atoms with Gasteiger partial charge in [-0.3, -0.25) is 10.1 Å². The fraction of sp³-hybridized carbons (Fsp3) is 0.438. The normalized spacial score (nSPS) is 11.3. The summed E-state index contributed by atoms with van der Waals surface area (Å²) < 4.78 is 15.6. The largest absolute Gasteiger partial charge is 0.496 e. The number of imide groups is 1. The average molecular weight is 338 g/mol. The third kappa shape index (κ3) is 5.54. The number of urea groups is 1. The van der Waals surface area contributed by atoms with Gasteiger partial charge in [0.15, 0.2) is 6.10 Å². The Morgan fingerprint density at radius 3 is 2.54 bits per heavy atom. The van der Waals surface area contributed by atoms with Crippen molar-refractivity contribution in [1.29, 1.82) is 0 Å². The monoisotopic (exact) mass is 338 g/mol. The van der Waals surface area contributed by atoms with Crippen molar-refractivity contribution in [3.63, 3.8) is 0 Å². The van der Waals surface area contributed by atoms with Gasteiger partial charge in [-0.2, -0.15) is 0 Å². The van der Waals surface area contributed by atoms with Gasteiger partial charge in [-0.25, -0.2) is 9.59 Å². The fourth-order valence-corrected chi connectivity index (χ4v) is 1.79. The van der Waals surface area contributed by atoms with Crippen molar-refractivity contribution >= 4 is 17.9 Å². The first-order valence-corrected chi connectivity index (χ1v) is 7.41. The summed E-state index contributed by atoms with van der Waals surface area (Å²) in [5, 5.41) is 4.27. The highest BCUT2D eigenvalue weighted by Gasteiger charge is 2.21. The summed E-state index contributed by atoms with van der Waals surface area (Å²) in [7, 11) is 2.89. The molecule has 0 heterocycles. The zero-order valence-electron chi connectivity index (χ0n) is 14.2. The molecule has 0 radical (unpaired) electrons. The van der Waals surface area contributed by atoms with Crippen LogP contribution in [0.25, 0.3) is 0 Å². The Balaban J connectivity index is 2.79. The van der Waals surface area contributed by atoms with E-state index in [1.807, 2.05) is 12.2 Å². The molecule has 132 valence electrons. The van der Waals surface area contributed by atoms with Crippen molar-refractivity contribution in [3.05, 3.63) is 29.3 Å². The lowest BCUT2D eigenvalue weighted by Crippen LogP contribution is -2.43. The summed E-state index contributed by atoms with van der Waals surface area (Å²) >= 11 is 0. The first kappa shape index (κ1) is 19.4. The van der Waals surface area contributed by atoms with E-state index in [1.54, 1.807) is 12.1 Å². The molecule has 1 aromatic carbocycles. The number of carbonyl (C=O) groups excluding carboxylic acids is 3. The maximum absolute atomic E-state index is 12.2. The van der Waals surface area contributed by atoms with Crippen LogP contribution in [0.4, 0.5) is 4.79 Å². The molecular formula is C16H22N2O6. The van der Waals surface area contributed by atoms with E-state index in [4.69, 9.17) is 14.2 Å². The first-order valence-electron chi connectivity index (χ1n) is 7.41. The van der Waals surface area contributed by atoms with Crippen molar-refractivity contribution in [1.82, 2.24) is 10.6 Å². The molecule has 0 aromatic heterocycles. The van der Waals surface area contributed by atoms with Crippen molar-refractivity contribution in [2.75, 3.05) is 20.8 Å². The minimum Gasteiger partial charge on any atom is -0.496 e. The molecule has 0 saturated heterocycles. The van der Waals surface area contributed by atoms with Gasteiger partial charge in [-0.05, 0) is 32.0 Å². The third-order valence-electron chi connectivity index (χ3n) is 3.09.